The fourth-order valence-corrected chi connectivity index (χ4v) is 4.13. The van der Waals surface area contributed by atoms with Crippen LogP contribution in [0.2, 0.25) is 0 Å². The third kappa shape index (κ3) is 3.64. The summed E-state index contributed by atoms with van der Waals surface area (Å²) in [6.07, 6.45) is 5.51. The number of aromatic nitrogens is 4. The van der Waals surface area contributed by atoms with Crippen LogP contribution in [0.15, 0.2) is 42.7 Å². The number of rotatable bonds is 5. The highest BCUT2D eigenvalue weighted by atomic mass is 16.5. The van der Waals surface area contributed by atoms with E-state index < -0.39 is 0 Å². The monoisotopic (exact) mass is 377 g/mol. The van der Waals surface area contributed by atoms with E-state index in [4.69, 9.17) is 9.72 Å². The van der Waals surface area contributed by atoms with Gasteiger partial charge in [-0.25, -0.2) is 9.67 Å². The Morgan fingerprint density at radius 1 is 1.11 bits per heavy atom. The molecule has 1 aliphatic heterocycles. The number of ether oxygens (including phenoxy) is 1. The first-order chi connectivity index (χ1) is 13.6. The number of anilines is 1. The van der Waals surface area contributed by atoms with E-state index in [1.807, 2.05) is 24.6 Å². The summed E-state index contributed by atoms with van der Waals surface area (Å²) in [5.41, 5.74) is 4.78. The van der Waals surface area contributed by atoms with Crippen molar-refractivity contribution in [3.05, 3.63) is 65.2 Å². The number of hydrogen-bond acceptors (Lipinski definition) is 5. The van der Waals surface area contributed by atoms with Gasteiger partial charge in [-0.2, -0.15) is 5.10 Å². The first-order valence-corrected chi connectivity index (χ1v) is 9.81. The van der Waals surface area contributed by atoms with E-state index in [1.54, 1.807) is 12.4 Å². The fraction of sp³-hybridized carbons (Fsp3) is 0.409. The Bertz CT molecular complexity index is 959. The molecule has 4 rings (SSSR count). The van der Waals surface area contributed by atoms with E-state index in [-0.39, 0.29) is 5.41 Å². The third-order valence-electron chi connectivity index (χ3n) is 5.62. The molecule has 0 amide bonds. The largest absolute Gasteiger partial charge is 0.381 e. The van der Waals surface area contributed by atoms with Crippen molar-refractivity contribution in [3.8, 4) is 5.82 Å². The molecule has 0 aliphatic carbocycles. The van der Waals surface area contributed by atoms with E-state index in [1.165, 1.54) is 11.1 Å². The molecular weight excluding hydrogens is 350 g/mol. The highest BCUT2D eigenvalue weighted by Gasteiger charge is 2.35. The zero-order valence-electron chi connectivity index (χ0n) is 16.8. The number of aryl methyl sites for hydroxylation is 3. The molecule has 1 aromatic carbocycles. The summed E-state index contributed by atoms with van der Waals surface area (Å²) in [7, 11) is 0. The van der Waals surface area contributed by atoms with Gasteiger partial charge in [0.15, 0.2) is 5.82 Å². The molecule has 6 nitrogen and oxygen atoms in total. The lowest BCUT2D eigenvalue weighted by Gasteiger charge is -2.39. The molecule has 3 heterocycles. The second-order valence-electron chi connectivity index (χ2n) is 7.66. The molecular formula is C22H27N5O. The third-order valence-corrected chi connectivity index (χ3v) is 5.62. The van der Waals surface area contributed by atoms with E-state index >= 15 is 0 Å². The second-order valence-corrected chi connectivity index (χ2v) is 7.66. The molecule has 1 saturated heterocycles. The van der Waals surface area contributed by atoms with Gasteiger partial charge >= 0.3 is 0 Å². The molecule has 28 heavy (non-hydrogen) atoms. The molecule has 6 heteroatoms. The molecule has 3 aromatic rings. The smallest absolute Gasteiger partial charge is 0.174 e. The van der Waals surface area contributed by atoms with Crippen LogP contribution in [-0.2, 0) is 10.2 Å². The van der Waals surface area contributed by atoms with Crippen LogP contribution in [-0.4, -0.2) is 39.5 Å². The Morgan fingerprint density at radius 2 is 1.89 bits per heavy atom. The van der Waals surface area contributed by atoms with Gasteiger partial charge in [-0.15, -0.1) is 0 Å². The summed E-state index contributed by atoms with van der Waals surface area (Å²) in [4.78, 5) is 9.12. The molecule has 1 N–H and O–H groups in total. The van der Waals surface area contributed by atoms with Crippen molar-refractivity contribution in [1.82, 2.24) is 19.7 Å². The van der Waals surface area contributed by atoms with Gasteiger partial charge in [0.2, 0.25) is 0 Å². The van der Waals surface area contributed by atoms with Crippen LogP contribution >= 0.6 is 0 Å². The SMILES string of the molecule is Cc1cc(C)n(-c2cncc(NCC3(c4ccccc4C)CCOCC3)n2)n1. The van der Waals surface area contributed by atoms with Gasteiger partial charge < -0.3 is 10.1 Å². The lowest BCUT2D eigenvalue weighted by molar-refractivity contribution is 0.0541. The number of nitrogens with zero attached hydrogens (tertiary/aromatic N) is 4. The van der Waals surface area contributed by atoms with Gasteiger partial charge in [0.25, 0.3) is 0 Å². The Hall–Kier alpha value is -2.73. The summed E-state index contributed by atoms with van der Waals surface area (Å²) in [5, 5.41) is 8.06. The average molecular weight is 377 g/mol. The highest BCUT2D eigenvalue weighted by molar-refractivity contribution is 5.40. The molecule has 0 spiro atoms. The molecule has 2 aromatic heterocycles. The van der Waals surface area contributed by atoms with Crippen LogP contribution in [0.1, 0.15) is 35.4 Å². The number of hydrogen-bond donors (Lipinski definition) is 1. The van der Waals surface area contributed by atoms with Gasteiger partial charge in [-0.05, 0) is 50.8 Å². The van der Waals surface area contributed by atoms with Crippen molar-refractivity contribution in [1.29, 1.82) is 0 Å². The van der Waals surface area contributed by atoms with Crippen LogP contribution in [0.3, 0.4) is 0 Å². The Balaban J connectivity index is 1.59. The van der Waals surface area contributed by atoms with Crippen molar-refractivity contribution in [2.45, 2.75) is 39.0 Å². The maximum atomic E-state index is 5.66. The van der Waals surface area contributed by atoms with Crippen LogP contribution in [0.5, 0.6) is 0 Å². The molecule has 1 aliphatic rings. The van der Waals surface area contributed by atoms with E-state index in [9.17, 15) is 0 Å². The van der Waals surface area contributed by atoms with Gasteiger partial charge in [0.05, 0.1) is 18.1 Å². The Kier molecular flexibility index (Phi) is 5.13. The Labute approximate surface area is 166 Å². The number of benzene rings is 1. The van der Waals surface area contributed by atoms with Crippen molar-refractivity contribution >= 4 is 5.82 Å². The molecule has 0 unspecified atom stereocenters. The maximum absolute atomic E-state index is 5.66. The zero-order valence-corrected chi connectivity index (χ0v) is 16.8. The van der Waals surface area contributed by atoms with Crippen LogP contribution in [0.4, 0.5) is 5.82 Å². The van der Waals surface area contributed by atoms with E-state index in [0.29, 0.717) is 0 Å². The molecule has 1 fully saturated rings. The normalized spacial score (nSPS) is 16.1. The first-order valence-electron chi connectivity index (χ1n) is 9.81. The summed E-state index contributed by atoms with van der Waals surface area (Å²) in [5.74, 6) is 1.50. The zero-order chi connectivity index (χ0) is 19.6. The first kappa shape index (κ1) is 18.6. The second kappa shape index (κ2) is 7.72. The molecule has 0 atom stereocenters. The quantitative estimate of drug-likeness (QED) is 0.734. The summed E-state index contributed by atoms with van der Waals surface area (Å²) in [6.45, 7) is 8.57. The average Bonchev–Trinajstić information content (AvgIpc) is 3.06. The lowest BCUT2D eigenvalue weighted by Crippen LogP contribution is -2.40. The van der Waals surface area contributed by atoms with Crippen molar-refractivity contribution in [3.63, 3.8) is 0 Å². The minimum Gasteiger partial charge on any atom is -0.381 e. The minimum atomic E-state index is 0.0412. The number of nitrogens with one attached hydrogen (secondary N) is 1. The van der Waals surface area contributed by atoms with E-state index in [2.05, 4.69) is 46.6 Å². The predicted octanol–water partition coefficient (Wildman–Crippen LogP) is 3.75. The van der Waals surface area contributed by atoms with Crippen LogP contribution < -0.4 is 5.32 Å². The van der Waals surface area contributed by atoms with Gasteiger partial charge in [0.1, 0.15) is 5.82 Å². The van der Waals surface area contributed by atoms with Crippen LogP contribution in [0.25, 0.3) is 5.82 Å². The summed E-state index contributed by atoms with van der Waals surface area (Å²) < 4.78 is 7.50. The lowest BCUT2D eigenvalue weighted by atomic mass is 9.72. The molecule has 0 radical (unpaired) electrons. The van der Waals surface area contributed by atoms with Gasteiger partial charge in [0, 0.05) is 30.9 Å². The Morgan fingerprint density at radius 3 is 2.61 bits per heavy atom. The van der Waals surface area contributed by atoms with Crippen molar-refractivity contribution in [2.75, 3.05) is 25.1 Å². The summed E-state index contributed by atoms with van der Waals surface area (Å²) >= 11 is 0. The van der Waals surface area contributed by atoms with Gasteiger partial charge in [-0.3, -0.25) is 4.98 Å². The minimum absolute atomic E-state index is 0.0412. The molecule has 0 saturated carbocycles. The van der Waals surface area contributed by atoms with Crippen molar-refractivity contribution < 1.29 is 4.74 Å². The maximum Gasteiger partial charge on any atom is 0.174 e. The molecule has 0 bridgehead atoms. The highest BCUT2D eigenvalue weighted by Crippen LogP contribution is 2.36. The van der Waals surface area contributed by atoms with Crippen LogP contribution in [0, 0.1) is 20.8 Å². The standard InChI is InChI=1S/C22H27N5O/c1-16-6-4-5-7-19(16)22(8-10-28-11-9-22)15-24-20-13-23-14-21(25-20)27-18(3)12-17(2)26-27/h4-7,12-14H,8-11,15H2,1-3H3,(H,24,25). The predicted molar refractivity (Wildman–Crippen MR) is 110 cm³/mol. The van der Waals surface area contributed by atoms with E-state index in [0.717, 1.165) is 55.6 Å². The summed E-state index contributed by atoms with van der Waals surface area (Å²) in [6, 6.07) is 10.7. The topological polar surface area (TPSA) is 64.9 Å². The fourth-order valence-electron chi connectivity index (χ4n) is 4.13. The van der Waals surface area contributed by atoms with Crippen molar-refractivity contribution in [2.24, 2.45) is 0 Å². The molecule has 146 valence electrons. The van der Waals surface area contributed by atoms with Gasteiger partial charge in [-0.1, -0.05) is 24.3 Å².